The number of carboxylic acids is 1. The van der Waals surface area contributed by atoms with Crippen molar-refractivity contribution in [1.29, 1.82) is 0 Å². The Morgan fingerprint density at radius 2 is 2.04 bits per heavy atom. The second-order valence-electron chi connectivity index (χ2n) is 6.07. The van der Waals surface area contributed by atoms with Gasteiger partial charge in [-0.1, -0.05) is 13.8 Å². The molecule has 1 amide bonds. The molecule has 2 N–H and O–H groups in total. The Hall–Kier alpha value is -2.70. The fourth-order valence-corrected chi connectivity index (χ4v) is 2.38. The van der Waals surface area contributed by atoms with Gasteiger partial charge in [0.1, 0.15) is 11.9 Å². The number of nitrogens with one attached hydrogen (secondary N) is 1. The topological polar surface area (TPSA) is 84.2 Å². The predicted molar refractivity (Wildman–Crippen MR) is 86.6 cm³/mol. The first-order valence-corrected chi connectivity index (χ1v) is 7.63. The van der Waals surface area contributed by atoms with E-state index in [4.69, 9.17) is 0 Å². The van der Waals surface area contributed by atoms with E-state index < -0.39 is 17.9 Å². The summed E-state index contributed by atoms with van der Waals surface area (Å²) in [5.74, 6) is -1.85. The van der Waals surface area contributed by atoms with Gasteiger partial charge in [-0.15, -0.1) is 0 Å². The van der Waals surface area contributed by atoms with Gasteiger partial charge in [0.25, 0.3) is 5.91 Å². The third-order valence-corrected chi connectivity index (χ3v) is 3.54. The van der Waals surface area contributed by atoms with Crippen molar-refractivity contribution in [3.05, 3.63) is 47.5 Å². The maximum absolute atomic E-state index is 13.2. The summed E-state index contributed by atoms with van der Waals surface area (Å²) in [6.07, 6.45) is 1.91. The SMILES string of the molecule is Cc1cc(F)ccc1-n1ccc(C(=O)NC(CC(C)C)C(=O)O)n1. The number of rotatable bonds is 6. The van der Waals surface area contributed by atoms with Crippen molar-refractivity contribution in [2.45, 2.75) is 33.2 Å². The number of hydrogen-bond donors (Lipinski definition) is 2. The van der Waals surface area contributed by atoms with Crippen LogP contribution in [-0.4, -0.2) is 32.8 Å². The van der Waals surface area contributed by atoms with Gasteiger partial charge in [0.2, 0.25) is 0 Å². The Kier molecular flexibility index (Phi) is 5.33. The number of aryl methyl sites for hydroxylation is 1. The highest BCUT2D eigenvalue weighted by molar-refractivity contribution is 5.94. The second-order valence-corrected chi connectivity index (χ2v) is 6.07. The molecular weight excluding hydrogens is 313 g/mol. The highest BCUT2D eigenvalue weighted by Crippen LogP contribution is 2.15. The number of nitrogens with zero attached hydrogens (tertiary/aromatic N) is 2. The first-order chi connectivity index (χ1) is 11.3. The maximum atomic E-state index is 13.2. The van der Waals surface area contributed by atoms with Gasteiger partial charge in [0.15, 0.2) is 5.69 Å². The Morgan fingerprint density at radius 1 is 1.33 bits per heavy atom. The quantitative estimate of drug-likeness (QED) is 0.851. The van der Waals surface area contributed by atoms with Crippen molar-refractivity contribution in [1.82, 2.24) is 15.1 Å². The fourth-order valence-electron chi connectivity index (χ4n) is 2.38. The maximum Gasteiger partial charge on any atom is 0.326 e. The smallest absolute Gasteiger partial charge is 0.326 e. The van der Waals surface area contributed by atoms with E-state index in [-0.39, 0.29) is 17.4 Å². The largest absolute Gasteiger partial charge is 0.480 e. The van der Waals surface area contributed by atoms with Crippen molar-refractivity contribution in [3.63, 3.8) is 0 Å². The average Bonchev–Trinajstić information content (AvgIpc) is 2.95. The Morgan fingerprint density at radius 3 is 2.62 bits per heavy atom. The molecule has 0 saturated carbocycles. The number of carbonyl (C=O) groups is 2. The lowest BCUT2D eigenvalue weighted by Crippen LogP contribution is -2.41. The lowest BCUT2D eigenvalue weighted by Gasteiger charge is -2.15. The number of aliphatic carboxylic acids is 1. The molecule has 128 valence electrons. The van der Waals surface area contributed by atoms with Gasteiger partial charge in [-0.05, 0) is 49.1 Å². The number of hydrogen-bond acceptors (Lipinski definition) is 3. The summed E-state index contributed by atoms with van der Waals surface area (Å²) in [5, 5.41) is 15.8. The highest BCUT2D eigenvalue weighted by atomic mass is 19.1. The molecule has 0 bridgehead atoms. The normalized spacial score (nSPS) is 12.2. The first-order valence-electron chi connectivity index (χ1n) is 7.63. The zero-order chi connectivity index (χ0) is 17.9. The van der Waals surface area contributed by atoms with E-state index in [1.807, 2.05) is 13.8 Å². The molecule has 0 spiro atoms. The third-order valence-electron chi connectivity index (χ3n) is 3.54. The molecule has 1 atom stereocenters. The van der Waals surface area contributed by atoms with Gasteiger partial charge < -0.3 is 10.4 Å². The van der Waals surface area contributed by atoms with Crippen molar-refractivity contribution in [2.24, 2.45) is 5.92 Å². The van der Waals surface area contributed by atoms with E-state index in [1.165, 1.54) is 22.9 Å². The molecule has 0 fully saturated rings. The van der Waals surface area contributed by atoms with Crippen LogP contribution in [0.4, 0.5) is 4.39 Å². The minimum Gasteiger partial charge on any atom is -0.480 e. The fraction of sp³-hybridized carbons (Fsp3) is 0.353. The van der Waals surface area contributed by atoms with Gasteiger partial charge in [-0.3, -0.25) is 4.79 Å². The second kappa shape index (κ2) is 7.25. The molecule has 1 aromatic heterocycles. The number of carboxylic acid groups (broad SMARTS) is 1. The van der Waals surface area contributed by atoms with Crippen molar-refractivity contribution >= 4 is 11.9 Å². The molecule has 7 heteroatoms. The molecular formula is C17H20FN3O3. The molecule has 1 unspecified atom stereocenters. The predicted octanol–water partition coefficient (Wildman–Crippen LogP) is 2.55. The third kappa shape index (κ3) is 4.18. The van der Waals surface area contributed by atoms with Crippen LogP contribution in [-0.2, 0) is 4.79 Å². The molecule has 0 saturated heterocycles. The van der Waals surface area contributed by atoms with Crippen LogP contribution in [0.5, 0.6) is 0 Å². The Bertz CT molecular complexity index is 755. The van der Waals surface area contributed by atoms with Gasteiger partial charge in [-0.25, -0.2) is 13.9 Å². The van der Waals surface area contributed by atoms with E-state index in [1.54, 1.807) is 19.2 Å². The molecule has 0 aliphatic carbocycles. The molecule has 24 heavy (non-hydrogen) atoms. The van der Waals surface area contributed by atoms with E-state index >= 15 is 0 Å². The Labute approximate surface area is 139 Å². The van der Waals surface area contributed by atoms with Crippen LogP contribution in [0.3, 0.4) is 0 Å². The lowest BCUT2D eigenvalue weighted by molar-refractivity contribution is -0.139. The minimum absolute atomic E-state index is 0.105. The monoisotopic (exact) mass is 333 g/mol. The van der Waals surface area contributed by atoms with E-state index in [2.05, 4.69) is 10.4 Å². The number of carbonyl (C=O) groups excluding carboxylic acids is 1. The van der Waals surface area contributed by atoms with Crippen molar-refractivity contribution in [2.75, 3.05) is 0 Å². The highest BCUT2D eigenvalue weighted by Gasteiger charge is 2.23. The van der Waals surface area contributed by atoms with Gasteiger partial charge in [-0.2, -0.15) is 5.10 Å². The average molecular weight is 333 g/mol. The first kappa shape index (κ1) is 17.7. The van der Waals surface area contributed by atoms with E-state index in [0.717, 1.165) is 0 Å². The zero-order valence-electron chi connectivity index (χ0n) is 13.8. The summed E-state index contributed by atoms with van der Waals surface area (Å²) < 4.78 is 14.6. The molecule has 0 aliphatic rings. The standard InChI is InChI=1S/C17H20FN3O3/c1-10(2)8-14(17(23)24)19-16(22)13-6-7-21(20-13)15-5-4-12(18)9-11(15)3/h4-7,9-10,14H,8H2,1-3H3,(H,19,22)(H,23,24). The summed E-state index contributed by atoms with van der Waals surface area (Å²) in [5.41, 5.74) is 1.43. The molecule has 2 rings (SSSR count). The summed E-state index contributed by atoms with van der Waals surface area (Å²) in [4.78, 5) is 23.4. The molecule has 6 nitrogen and oxygen atoms in total. The zero-order valence-corrected chi connectivity index (χ0v) is 13.8. The molecule has 1 heterocycles. The van der Waals surface area contributed by atoms with E-state index in [9.17, 15) is 19.1 Å². The number of halogens is 1. The lowest BCUT2D eigenvalue weighted by atomic mass is 10.0. The number of benzene rings is 1. The summed E-state index contributed by atoms with van der Waals surface area (Å²) in [7, 11) is 0. The van der Waals surface area contributed by atoms with Crippen molar-refractivity contribution in [3.8, 4) is 5.69 Å². The van der Waals surface area contributed by atoms with Gasteiger partial charge in [0, 0.05) is 6.20 Å². The van der Waals surface area contributed by atoms with Crippen molar-refractivity contribution < 1.29 is 19.1 Å². The summed E-state index contributed by atoms with van der Waals surface area (Å²) >= 11 is 0. The van der Waals surface area contributed by atoms with Gasteiger partial charge in [0.05, 0.1) is 5.69 Å². The minimum atomic E-state index is -1.08. The van der Waals surface area contributed by atoms with Crippen LogP contribution in [0.25, 0.3) is 5.69 Å². The molecule has 0 radical (unpaired) electrons. The van der Waals surface area contributed by atoms with Crippen LogP contribution < -0.4 is 5.32 Å². The summed E-state index contributed by atoms with van der Waals surface area (Å²) in [6, 6.07) is 4.78. The van der Waals surface area contributed by atoms with Crippen LogP contribution in [0.1, 0.15) is 36.3 Å². The molecule has 2 aromatic rings. The Balaban J connectivity index is 2.17. The number of aromatic nitrogens is 2. The van der Waals surface area contributed by atoms with Gasteiger partial charge >= 0.3 is 5.97 Å². The van der Waals surface area contributed by atoms with E-state index in [0.29, 0.717) is 17.7 Å². The van der Waals surface area contributed by atoms with Crippen LogP contribution >= 0.6 is 0 Å². The summed E-state index contributed by atoms with van der Waals surface area (Å²) in [6.45, 7) is 5.51. The van der Waals surface area contributed by atoms with Crippen LogP contribution in [0, 0.1) is 18.7 Å². The molecule has 1 aromatic carbocycles. The number of amides is 1. The molecule has 0 aliphatic heterocycles. The van der Waals surface area contributed by atoms with Crippen LogP contribution in [0.15, 0.2) is 30.5 Å². The van der Waals surface area contributed by atoms with Crippen LogP contribution in [0.2, 0.25) is 0 Å².